The van der Waals surface area contributed by atoms with Gasteiger partial charge in [0.25, 0.3) is 0 Å². The second kappa shape index (κ2) is 6.77. The molecule has 3 heteroatoms. The Morgan fingerprint density at radius 1 is 1.00 bits per heavy atom. The molecule has 0 aliphatic heterocycles. The number of rotatable bonds is 6. The van der Waals surface area contributed by atoms with E-state index in [0.717, 1.165) is 19.6 Å². The van der Waals surface area contributed by atoms with Crippen molar-refractivity contribution in [1.29, 1.82) is 0 Å². The minimum absolute atomic E-state index is 0.731. The van der Waals surface area contributed by atoms with Crippen LogP contribution in [0.25, 0.3) is 0 Å². The van der Waals surface area contributed by atoms with Crippen LogP contribution in [-0.2, 0) is 15.3 Å². The molecule has 1 aromatic rings. The molecule has 0 fully saturated rings. The van der Waals surface area contributed by atoms with Crippen LogP contribution in [0.1, 0.15) is 26.3 Å². The van der Waals surface area contributed by atoms with E-state index in [2.05, 4.69) is 31.2 Å². The molecule has 84 valence electrons. The fourth-order valence-electron chi connectivity index (χ4n) is 1.62. The maximum atomic E-state index is 5.73. The van der Waals surface area contributed by atoms with Crippen molar-refractivity contribution in [3.8, 4) is 0 Å². The number of benzene rings is 1. The number of aryl methyl sites for hydroxylation is 1. The van der Waals surface area contributed by atoms with Gasteiger partial charge in [0.15, 0.2) is 0 Å². The van der Waals surface area contributed by atoms with Crippen molar-refractivity contribution in [2.75, 3.05) is 13.2 Å². The minimum Gasteiger partial charge on any atom is -0.394 e. The summed E-state index contributed by atoms with van der Waals surface area (Å²) in [6.45, 7) is 7.67. The summed E-state index contributed by atoms with van der Waals surface area (Å²) < 4.78 is 11.5. The van der Waals surface area contributed by atoms with E-state index in [0.29, 0.717) is 0 Å². The van der Waals surface area contributed by atoms with E-state index < -0.39 is 9.28 Å². The molecule has 1 rings (SSSR count). The quantitative estimate of drug-likeness (QED) is 0.685. The predicted molar refractivity (Wildman–Crippen MR) is 65.9 cm³/mol. The largest absolute Gasteiger partial charge is 0.394 e. The van der Waals surface area contributed by atoms with Crippen LogP contribution in [0.5, 0.6) is 0 Å². The normalized spacial score (nSPS) is 10.9. The van der Waals surface area contributed by atoms with Gasteiger partial charge in [-0.2, -0.15) is 0 Å². The van der Waals surface area contributed by atoms with E-state index in [9.17, 15) is 0 Å². The van der Waals surface area contributed by atoms with Gasteiger partial charge in [0.1, 0.15) is 0 Å². The zero-order valence-electron chi connectivity index (χ0n) is 9.82. The molecule has 0 radical (unpaired) electrons. The molecular weight excluding hydrogens is 204 g/mol. The van der Waals surface area contributed by atoms with Gasteiger partial charge >= 0.3 is 9.28 Å². The van der Waals surface area contributed by atoms with Gasteiger partial charge in [-0.25, -0.2) is 0 Å². The van der Waals surface area contributed by atoms with Gasteiger partial charge < -0.3 is 8.85 Å². The first-order valence-corrected chi connectivity index (χ1v) is 7.16. The maximum Gasteiger partial charge on any atom is 0.356 e. The summed E-state index contributed by atoms with van der Waals surface area (Å²) in [6, 6.07) is 8.44. The highest BCUT2D eigenvalue weighted by Gasteiger charge is 2.17. The minimum atomic E-state index is -1.65. The van der Waals surface area contributed by atoms with Crippen LogP contribution in [-0.4, -0.2) is 22.5 Å². The number of hydrogen-bond donors (Lipinski definition) is 0. The first-order chi connectivity index (χ1) is 7.33. The molecule has 1 aromatic carbocycles. The third kappa shape index (κ3) is 3.45. The van der Waals surface area contributed by atoms with Crippen molar-refractivity contribution in [3.05, 3.63) is 29.8 Å². The smallest absolute Gasteiger partial charge is 0.356 e. The summed E-state index contributed by atoms with van der Waals surface area (Å²) in [5, 5.41) is 1.30. The average molecular weight is 224 g/mol. The summed E-state index contributed by atoms with van der Waals surface area (Å²) >= 11 is 0. The van der Waals surface area contributed by atoms with Crippen LogP contribution < -0.4 is 5.19 Å². The molecule has 0 amide bonds. The highest BCUT2D eigenvalue weighted by molar-refractivity contribution is 6.61. The molecule has 0 atom stereocenters. The fourth-order valence-corrected chi connectivity index (χ4v) is 3.55. The van der Waals surface area contributed by atoms with Crippen molar-refractivity contribution in [2.24, 2.45) is 0 Å². The van der Waals surface area contributed by atoms with Crippen LogP contribution in [0.2, 0.25) is 0 Å². The van der Waals surface area contributed by atoms with Gasteiger partial charge in [0.05, 0.1) is 0 Å². The summed E-state index contributed by atoms with van der Waals surface area (Å²) in [4.78, 5) is 0. The molecule has 0 spiro atoms. The van der Waals surface area contributed by atoms with E-state index in [4.69, 9.17) is 8.85 Å². The fraction of sp³-hybridized carbons (Fsp3) is 0.500. The summed E-state index contributed by atoms with van der Waals surface area (Å²) in [5.74, 6) is 0. The molecule has 0 aliphatic rings. The standard InChI is InChI=1S/C12H20O2Si/c1-4-11-9-7-8-10-12(11)15(13-5-2)14-6-3/h7-10,15H,4-6H2,1-3H3. The Bertz CT molecular complexity index is 283. The summed E-state index contributed by atoms with van der Waals surface area (Å²) in [7, 11) is -1.65. The molecule has 0 saturated carbocycles. The van der Waals surface area contributed by atoms with Gasteiger partial charge in [-0.15, -0.1) is 0 Å². The van der Waals surface area contributed by atoms with Crippen molar-refractivity contribution < 1.29 is 8.85 Å². The van der Waals surface area contributed by atoms with Crippen molar-refractivity contribution in [1.82, 2.24) is 0 Å². The molecule has 0 unspecified atom stereocenters. The molecule has 0 aromatic heterocycles. The average Bonchev–Trinajstić information content (AvgIpc) is 2.29. The molecular formula is C12H20O2Si. The SMILES string of the molecule is CCO[SiH](OCC)c1ccccc1CC. The molecule has 0 aliphatic carbocycles. The van der Waals surface area contributed by atoms with Crippen LogP contribution in [0.3, 0.4) is 0 Å². The van der Waals surface area contributed by atoms with Crippen molar-refractivity contribution in [2.45, 2.75) is 27.2 Å². The summed E-state index contributed by atoms with van der Waals surface area (Å²) in [6.07, 6.45) is 1.04. The van der Waals surface area contributed by atoms with Gasteiger partial charge in [-0.3, -0.25) is 0 Å². The maximum absolute atomic E-state index is 5.73. The molecule has 0 heterocycles. The first kappa shape index (κ1) is 12.4. The Kier molecular flexibility index (Phi) is 5.61. The van der Waals surface area contributed by atoms with Crippen LogP contribution >= 0.6 is 0 Å². The first-order valence-electron chi connectivity index (χ1n) is 5.64. The lowest BCUT2D eigenvalue weighted by Crippen LogP contribution is -2.39. The lowest BCUT2D eigenvalue weighted by atomic mass is 10.2. The van der Waals surface area contributed by atoms with Gasteiger partial charge in [-0.05, 0) is 31.0 Å². The molecule has 0 bridgehead atoms. The Balaban J connectivity index is 2.88. The Morgan fingerprint density at radius 3 is 2.13 bits per heavy atom. The van der Waals surface area contributed by atoms with E-state index in [1.807, 2.05) is 13.8 Å². The Hall–Kier alpha value is -0.643. The zero-order valence-corrected chi connectivity index (χ0v) is 11.0. The predicted octanol–water partition coefficient (Wildman–Crippen LogP) is 1.75. The van der Waals surface area contributed by atoms with Crippen LogP contribution in [0.15, 0.2) is 24.3 Å². The topological polar surface area (TPSA) is 18.5 Å². The van der Waals surface area contributed by atoms with E-state index in [1.165, 1.54) is 10.8 Å². The lowest BCUT2D eigenvalue weighted by Gasteiger charge is -2.17. The number of hydrogen-bond acceptors (Lipinski definition) is 2. The van der Waals surface area contributed by atoms with Gasteiger partial charge in [0, 0.05) is 13.2 Å². The Labute approximate surface area is 94.1 Å². The molecule has 0 saturated heterocycles. The van der Waals surface area contributed by atoms with E-state index in [-0.39, 0.29) is 0 Å². The van der Waals surface area contributed by atoms with Crippen molar-refractivity contribution in [3.63, 3.8) is 0 Å². The third-order valence-electron chi connectivity index (χ3n) is 2.33. The third-order valence-corrected chi connectivity index (χ3v) is 4.67. The Morgan fingerprint density at radius 2 is 1.60 bits per heavy atom. The second-order valence-corrected chi connectivity index (χ2v) is 5.25. The van der Waals surface area contributed by atoms with Gasteiger partial charge in [-0.1, -0.05) is 31.2 Å². The van der Waals surface area contributed by atoms with Crippen LogP contribution in [0, 0.1) is 0 Å². The lowest BCUT2D eigenvalue weighted by molar-refractivity contribution is 0.225. The monoisotopic (exact) mass is 224 g/mol. The zero-order chi connectivity index (χ0) is 11.1. The summed E-state index contributed by atoms with van der Waals surface area (Å²) in [5.41, 5.74) is 1.36. The highest BCUT2D eigenvalue weighted by atomic mass is 28.3. The molecule has 15 heavy (non-hydrogen) atoms. The second-order valence-electron chi connectivity index (χ2n) is 3.29. The van der Waals surface area contributed by atoms with E-state index in [1.54, 1.807) is 0 Å². The van der Waals surface area contributed by atoms with Crippen LogP contribution in [0.4, 0.5) is 0 Å². The molecule has 2 nitrogen and oxygen atoms in total. The van der Waals surface area contributed by atoms with Crippen molar-refractivity contribution >= 4 is 14.5 Å². The highest BCUT2D eigenvalue weighted by Crippen LogP contribution is 2.01. The van der Waals surface area contributed by atoms with E-state index >= 15 is 0 Å². The van der Waals surface area contributed by atoms with Gasteiger partial charge in [0.2, 0.25) is 0 Å². The molecule has 0 N–H and O–H groups in total.